The van der Waals surface area contributed by atoms with Crippen LogP contribution in [-0.4, -0.2) is 14.5 Å². The summed E-state index contributed by atoms with van der Waals surface area (Å²) in [5.74, 6) is -0.587. The lowest BCUT2D eigenvalue weighted by atomic mass is 10.1. The molecule has 1 rings (SSSR count). The zero-order valence-corrected chi connectivity index (χ0v) is 13.5. The average molecular weight is 316 g/mol. The predicted octanol–water partition coefficient (Wildman–Crippen LogP) is 2.92. The second-order valence-electron chi connectivity index (χ2n) is 5.29. The Kier molecular flexibility index (Phi) is 7.28. The average Bonchev–Trinajstić information content (AvgIpc) is 2.43. The topological polar surface area (TPSA) is 72.2 Å². The Morgan fingerprint density at radius 1 is 1.29 bits per heavy atom. The van der Waals surface area contributed by atoms with Crippen LogP contribution in [0.5, 0.6) is 0 Å². The van der Waals surface area contributed by atoms with Crippen molar-refractivity contribution < 1.29 is 12.8 Å². The number of sulfonamides is 1. The van der Waals surface area contributed by atoms with Crippen LogP contribution in [0.3, 0.4) is 0 Å². The van der Waals surface area contributed by atoms with Gasteiger partial charge in [-0.25, -0.2) is 17.5 Å². The lowest BCUT2D eigenvalue weighted by Crippen LogP contribution is -2.33. The summed E-state index contributed by atoms with van der Waals surface area (Å²) in [5, 5.41) is 0. The van der Waals surface area contributed by atoms with Gasteiger partial charge in [0.2, 0.25) is 10.0 Å². The van der Waals surface area contributed by atoms with Crippen LogP contribution in [0, 0.1) is 5.82 Å². The molecule has 0 fully saturated rings. The molecule has 0 heterocycles. The first kappa shape index (κ1) is 18.1. The summed E-state index contributed by atoms with van der Waals surface area (Å²) < 4.78 is 40.9. The van der Waals surface area contributed by atoms with Crippen molar-refractivity contribution in [3.63, 3.8) is 0 Å². The second-order valence-corrected chi connectivity index (χ2v) is 6.97. The van der Waals surface area contributed by atoms with Gasteiger partial charge in [-0.2, -0.15) is 0 Å². The van der Waals surface area contributed by atoms with Crippen molar-refractivity contribution in [3.05, 3.63) is 29.6 Å². The number of hydrogen-bond acceptors (Lipinski definition) is 3. The molecule has 0 bridgehead atoms. The highest BCUT2D eigenvalue weighted by Gasteiger charge is 2.22. The molecule has 0 aromatic heterocycles. The van der Waals surface area contributed by atoms with Crippen LogP contribution in [0.25, 0.3) is 0 Å². The summed E-state index contributed by atoms with van der Waals surface area (Å²) in [6, 6.07) is 3.81. The Bertz CT molecular complexity index is 547. The van der Waals surface area contributed by atoms with Crippen LogP contribution < -0.4 is 10.5 Å². The molecule has 21 heavy (non-hydrogen) atoms. The van der Waals surface area contributed by atoms with Gasteiger partial charge >= 0.3 is 0 Å². The van der Waals surface area contributed by atoms with E-state index >= 15 is 0 Å². The number of hydrogen-bond donors (Lipinski definition) is 2. The minimum atomic E-state index is -3.74. The fourth-order valence-electron chi connectivity index (χ4n) is 2.25. The third-order valence-electron chi connectivity index (χ3n) is 3.42. The molecule has 1 aromatic carbocycles. The Labute approximate surface area is 127 Å². The van der Waals surface area contributed by atoms with E-state index in [4.69, 9.17) is 5.73 Å². The molecule has 0 aliphatic rings. The van der Waals surface area contributed by atoms with E-state index in [1.165, 1.54) is 18.2 Å². The van der Waals surface area contributed by atoms with Gasteiger partial charge in [0.25, 0.3) is 0 Å². The second kappa shape index (κ2) is 8.46. The minimum absolute atomic E-state index is 0.0307. The van der Waals surface area contributed by atoms with Gasteiger partial charge in [-0.1, -0.05) is 38.7 Å². The zero-order chi connectivity index (χ0) is 15.9. The quantitative estimate of drug-likeness (QED) is 0.688. The maximum Gasteiger partial charge on any atom is 0.241 e. The summed E-state index contributed by atoms with van der Waals surface area (Å²) in [7, 11) is -3.74. The highest BCUT2D eigenvalue weighted by Crippen LogP contribution is 2.19. The Hall–Kier alpha value is -0.980. The molecule has 0 saturated carbocycles. The number of halogens is 1. The molecule has 0 spiro atoms. The molecule has 6 heteroatoms. The van der Waals surface area contributed by atoms with E-state index in [0.29, 0.717) is 0 Å². The van der Waals surface area contributed by atoms with Crippen LogP contribution in [-0.2, 0) is 16.6 Å². The lowest BCUT2D eigenvalue weighted by Gasteiger charge is -2.16. The molecule has 0 radical (unpaired) electrons. The molecule has 1 unspecified atom stereocenters. The summed E-state index contributed by atoms with van der Waals surface area (Å²) in [4.78, 5) is -0.0644. The van der Waals surface area contributed by atoms with Crippen molar-refractivity contribution in [2.24, 2.45) is 5.73 Å². The first-order valence-corrected chi connectivity index (χ1v) is 8.90. The highest BCUT2D eigenvalue weighted by atomic mass is 32.2. The first-order chi connectivity index (χ1) is 9.92. The van der Waals surface area contributed by atoms with Crippen LogP contribution in [0.1, 0.15) is 51.5 Å². The van der Waals surface area contributed by atoms with Crippen LogP contribution in [0.15, 0.2) is 23.1 Å². The van der Waals surface area contributed by atoms with E-state index in [0.717, 1.165) is 32.1 Å². The molecule has 0 aliphatic heterocycles. The van der Waals surface area contributed by atoms with Gasteiger partial charge in [0.1, 0.15) is 5.82 Å². The molecule has 0 saturated heterocycles. The molecule has 1 aromatic rings. The van der Waals surface area contributed by atoms with E-state index in [1.807, 2.05) is 6.92 Å². The third kappa shape index (κ3) is 5.37. The van der Waals surface area contributed by atoms with E-state index in [-0.39, 0.29) is 23.0 Å². The molecule has 4 nitrogen and oxygen atoms in total. The van der Waals surface area contributed by atoms with Crippen LogP contribution >= 0.6 is 0 Å². The standard InChI is InChI=1S/C15H25FN2O2S/c1-3-4-5-6-8-12(2)18-21(19,20)15-10-7-9-14(16)13(15)11-17/h7,9-10,12,18H,3-6,8,11,17H2,1-2H3. The zero-order valence-electron chi connectivity index (χ0n) is 12.7. The summed E-state index contributed by atoms with van der Waals surface area (Å²) in [6.07, 6.45) is 5.14. The van der Waals surface area contributed by atoms with Gasteiger partial charge in [-0.15, -0.1) is 0 Å². The SMILES string of the molecule is CCCCCCC(C)NS(=O)(=O)c1cccc(F)c1CN. The maximum atomic E-state index is 13.6. The molecule has 1 atom stereocenters. The Morgan fingerprint density at radius 2 is 2.00 bits per heavy atom. The fourth-order valence-corrected chi connectivity index (χ4v) is 3.79. The van der Waals surface area contributed by atoms with Gasteiger partial charge in [0, 0.05) is 18.2 Å². The van der Waals surface area contributed by atoms with Crippen molar-refractivity contribution in [2.45, 2.75) is 63.4 Å². The van der Waals surface area contributed by atoms with Crippen molar-refractivity contribution in [1.82, 2.24) is 4.72 Å². The van der Waals surface area contributed by atoms with E-state index in [1.54, 1.807) is 0 Å². The van der Waals surface area contributed by atoms with Gasteiger partial charge in [-0.3, -0.25) is 0 Å². The molecule has 0 aliphatic carbocycles. The van der Waals surface area contributed by atoms with E-state index < -0.39 is 15.8 Å². The van der Waals surface area contributed by atoms with Gasteiger partial charge in [-0.05, 0) is 25.5 Å². The van der Waals surface area contributed by atoms with Gasteiger partial charge in [0.05, 0.1) is 4.90 Å². The molecular weight excluding hydrogens is 291 g/mol. The Morgan fingerprint density at radius 3 is 2.62 bits per heavy atom. The van der Waals surface area contributed by atoms with Crippen molar-refractivity contribution in [1.29, 1.82) is 0 Å². The van der Waals surface area contributed by atoms with Crippen LogP contribution in [0.4, 0.5) is 4.39 Å². The number of unbranched alkanes of at least 4 members (excludes halogenated alkanes) is 3. The first-order valence-electron chi connectivity index (χ1n) is 7.42. The predicted molar refractivity (Wildman–Crippen MR) is 82.8 cm³/mol. The van der Waals surface area contributed by atoms with Crippen molar-refractivity contribution in [3.8, 4) is 0 Å². The van der Waals surface area contributed by atoms with Crippen LogP contribution in [0.2, 0.25) is 0 Å². The Balaban J connectivity index is 2.75. The van der Waals surface area contributed by atoms with E-state index in [2.05, 4.69) is 11.6 Å². The fraction of sp³-hybridized carbons (Fsp3) is 0.600. The normalized spacial score (nSPS) is 13.3. The number of nitrogens with two attached hydrogens (primary N) is 1. The minimum Gasteiger partial charge on any atom is -0.326 e. The lowest BCUT2D eigenvalue weighted by molar-refractivity contribution is 0.519. The highest BCUT2D eigenvalue weighted by molar-refractivity contribution is 7.89. The van der Waals surface area contributed by atoms with Crippen molar-refractivity contribution in [2.75, 3.05) is 0 Å². The van der Waals surface area contributed by atoms with Crippen molar-refractivity contribution >= 4 is 10.0 Å². The third-order valence-corrected chi connectivity index (χ3v) is 5.09. The molecule has 3 N–H and O–H groups in total. The number of nitrogens with one attached hydrogen (secondary N) is 1. The summed E-state index contributed by atoms with van der Waals surface area (Å²) in [5.41, 5.74) is 5.49. The summed E-state index contributed by atoms with van der Waals surface area (Å²) >= 11 is 0. The monoisotopic (exact) mass is 316 g/mol. The van der Waals surface area contributed by atoms with Gasteiger partial charge < -0.3 is 5.73 Å². The molecule has 0 amide bonds. The maximum absolute atomic E-state index is 13.6. The number of rotatable bonds is 9. The molecular formula is C15H25FN2O2S. The van der Waals surface area contributed by atoms with Gasteiger partial charge in [0.15, 0.2) is 0 Å². The smallest absolute Gasteiger partial charge is 0.241 e. The number of benzene rings is 1. The largest absolute Gasteiger partial charge is 0.326 e. The summed E-state index contributed by atoms with van der Waals surface area (Å²) in [6.45, 7) is 3.81. The molecule has 120 valence electrons. The van der Waals surface area contributed by atoms with E-state index in [9.17, 15) is 12.8 Å².